The number of carboxylic acid groups (broad SMARTS) is 2. The van der Waals surface area contributed by atoms with Gasteiger partial charge in [0.1, 0.15) is 0 Å². The Labute approximate surface area is 245 Å². The van der Waals surface area contributed by atoms with Crippen molar-refractivity contribution in [1.82, 2.24) is 0 Å². The van der Waals surface area contributed by atoms with Gasteiger partial charge < -0.3 is 10.2 Å². The Kier molecular flexibility index (Phi) is 32.6. The predicted molar refractivity (Wildman–Crippen MR) is 172 cm³/mol. The number of thioether (sulfide) groups is 2. The molecule has 0 atom stereocenters. The van der Waals surface area contributed by atoms with Crippen LogP contribution in [0.25, 0.3) is 0 Å². The summed E-state index contributed by atoms with van der Waals surface area (Å²) in [6, 6.07) is 0. The minimum Gasteiger partial charge on any atom is -0.481 e. The topological polar surface area (TPSA) is 74.6 Å². The number of unbranched alkanes of at least 4 members (excludes halogenated alkanes) is 18. The van der Waals surface area contributed by atoms with Gasteiger partial charge >= 0.3 is 11.9 Å². The van der Waals surface area contributed by atoms with Gasteiger partial charge in [-0.15, -0.1) is 23.5 Å². The van der Waals surface area contributed by atoms with Crippen molar-refractivity contribution < 1.29 is 19.8 Å². The van der Waals surface area contributed by atoms with E-state index in [0.29, 0.717) is 12.8 Å². The number of carboxylic acids is 2. The number of rotatable bonds is 28. The van der Waals surface area contributed by atoms with E-state index in [-0.39, 0.29) is 0 Å². The van der Waals surface area contributed by atoms with Gasteiger partial charge in [-0.05, 0) is 37.2 Å². The van der Waals surface area contributed by atoms with Crippen molar-refractivity contribution in [1.29, 1.82) is 0 Å². The molecule has 0 rings (SSSR count). The van der Waals surface area contributed by atoms with Crippen LogP contribution in [0.1, 0.15) is 175 Å². The maximum atomic E-state index is 12.0. The second-order valence-electron chi connectivity index (χ2n) is 10.6. The van der Waals surface area contributed by atoms with Crippen molar-refractivity contribution in [2.24, 2.45) is 0 Å². The summed E-state index contributed by atoms with van der Waals surface area (Å²) in [6.07, 6.45) is 28.4. The molecule has 228 valence electrons. The maximum Gasteiger partial charge on any atom is 0.330 e. The summed E-state index contributed by atoms with van der Waals surface area (Å²) in [5, 5.41) is 17.8. The van der Waals surface area contributed by atoms with Gasteiger partial charge in [0.05, 0.1) is 0 Å². The third-order valence-electron chi connectivity index (χ3n) is 6.92. The van der Waals surface area contributed by atoms with E-state index >= 15 is 0 Å². The second-order valence-corrected chi connectivity index (χ2v) is 13.7. The first-order valence-corrected chi connectivity index (χ1v) is 18.1. The summed E-state index contributed by atoms with van der Waals surface area (Å²) in [7, 11) is 0. The molecule has 0 aromatic carbocycles. The van der Waals surface area contributed by atoms with Gasteiger partial charge in [0.2, 0.25) is 0 Å². The Balaban J connectivity index is 0. The monoisotopic (exact) mass is 576 g/mol. The molecule has 0 amide bonds. The molecule has 0 radical (unpaired) electrons. The van der Waals surface area contributed by atoms with Crippen LogP contribution in [0.2, 0.25) is 0 Å². The van der Waals surface area contributed by atoms with E-state index in [0.717, 1.165) is 30.8 Å². The molecular formula is C32H64O4S2. The van der Waals surface area contributed by atoms with E-state index < -0.39 is 16.0 Å². The summed E-state index contributed by atoms with van der Waals surface area (Å²) >= 11 is 3.40. The molecule has 0 unspecified atom stereocenters. The molecular weight excluding hydrogens is 512 g/mol. The van der Waals surface area contributed by atoms with Gasteiger partial charge in [-0.1, -0.05) is 143 Å². The Morgan fingerprint density at radius 2 is 0.816 bits per heavy atom. The van der Waals surface area contributed by atoms with Crippen molar-refractivity contribution in [3.05, 3.63) is 0 Å². The molecule has 0 spiro atoms. The summed E-state index contributed by atoms with van der Waals surface area (Å²) < 4.78 is -0.626. The molecule has 0 aliphatic rings. The molecule has 0 fully saturated rings. The number of hydrogen-bond acceptors (Lipinski definition) is 4. The fourth-order valence-corrected chi connectivity index (χ4v) is 7.23. The van der Waals surface area contributed by atoms with Crippen LogP contribution < -0.4 is 0 Å². The van der Waals surface area contributed by atoms with Crippen molar-refractivity contribution in [2.45, 2.75) is 179 Å². The normalized spacial score (nSPS) is 11.3. The van der Waals surface area contributed by atoms with Crippen molar-refractivity contribution in [3.63, 3.8) is 0 Å². The van der Waals surface area contributed by atoms with Crippen LogP contribution in [0.15, 0.2) is 0 Å². The first-order valence-electron chi connectivity index (χ1n) is 16.1. The van der Waals surface area contributed by atoms with Gasteiger partial charge in [0.15, 0.2) is 4.08 Å². The highest BCUT2D eigenvalue weighted by molar-refractivity contribution is 8.19. The van der Waals surface area contributed by atoms with Crippen LogP contribution in [0.3, 0.4) is 0 Å². The summed E-state index contributed by atoms with van der Waals surface area (Å²) in [5.41, 5.74) is 0. The molecule has 0 aliphatic heterocycles. The van der Waals surface area contributed by atoms with Crippen molar-refractivity contribution in [3.8, 4) is 0 Å². The Morgan fingerprint density at radius 3 is 1.03 bits per heavy atom. The maximum absolute atomic E-state index is 12.0. The lowest BCUT2D eigenvalue weighted by Gasteiger charge is -2.27. The van der Waals surface area contributed by atoms with E-state index in [1.54, 1.807) is 23.5 Å². The summed E-state index contributed by atoms with van der Waals surface area (Å²) in [6.45, 7) is 8.43. The molecule has 2 N–H and O–H groups in total. The molecule has 0 aromatic rings. The molecule has 0 heterocycles. The van der Waals surface area contributed by atoms with Gasteiger partial charge in [0, 0.05) is 6.42 Å². The van der Waals surface area contributed by atoms with E-state index in [9.17, 15) is 14.7 Å². The standard InChI is InChI=1S/C28H56O2S2.C4H8O2/c1-4-7-9-11-13-15-17-19-21-23-25-31-28(6-3,27(29)30)32-26-24-22-20-18-16-14-12-10-8-5-2;1-2-3-4(5)6/h4-26H2,1-3H3,(H,29,30);2-3H2,1H3,(H,5,6). The summed E-state index contributed by atoms with van der Waals surface area (Å²) in [4.78, 5) is 21.6. The first kappa shape index (κ1) is 39.8. The fraction of sp³-hybridized carbons (Fsp3) is 0.938. The smallest absolute Gasteiger partial charge is 0.330 e. The van der Waals surface area contributed by atoms with Gasteiger partial charge in [-0.3, -0.25) is 4.79 Å². The molecule has 0 saturated heterocycles. The quantitative estimate of drug-likeness (QED) is 0.0712. The SMILES string of the molecule is CCCC(=O)O.CCCCCCCCCCCCSC(CC)(SCCCCCCCCCCCC)C(=O)O. The lowest BCUT2D eigenvalue weighted by atomic mass is 10.1. The molecule has 4 nitrogen and oxygen atoms in total. The van der Waals surface area contributed by atoms with Crippen LogP contribution in [-0.4, -0.2) is 37.7 Å². The highest BCUT2D eigenvalue weighted by atomic mass is 32.2. The molecule has 0 aromatic heterocycles. The molecule has 0 bridgehead atoms. The number of aliphatic carboxylic acids is 2. The van der Waals surface area contributed by atoms with E-state index in [4.69, 9.17) is 5.11 Å². The Hall–Kier alpha value is -0.360. The van der Waals surface area contributed by atoms with Crippen LogP contribution >= 0.6 is 23.5 Å². The minimum atomic E-state index is -0.711. The third kappa shape index (κ3) is 27.2. The average Bonchev–Trinajstić information content (AvgIpc) is 2.89. The Morgan fingerprint density at radius 1 is 0.500 bits per heavy atom. The zero-order valence-corrected chi connectivity index (χ0v) is 27.3. The van der Waals surface area contributed by atoms with Gasteiger partial charge in [0.25, 0.3) is 0 Å². The molecule has 6 heteroatoms. The largest absolute Gasteiger partial charge is 0.481 e. The van der Waals surface area contributed by atoms with E-state index in [1.165, 1.54) is 116 Å². The number of hydrogen-bond donors (Lipinski definition) is 2. The Bertz CT molecular complexity index is 488. The lowest BCUT2D eigenvalue weighted by Crippen LogP contribution is -2.31. The minimum absolute atomic E-state index is 0.292. The van der Waals surface area contributed by atoms with E-state index in [1.807, 2.05) is 13.8 Å². The second kappa shape index (κ2) is 31.2. The van der Waals surface area contributed by atoms with Gasteiger partial charge in [-0.2, -0.15) is 0 Å². The van der Waals surface area contributed by atoms with Crippen molar-refractivity contribution in [2.75, 3.05) is 11.5 Å². The van der Waals surface area contributed by atoms with Gasteiger partial charge in [-0.25, -0.2) is 4.79 Å². The molecule has 38 heavy (non-hydrogen) atoms. The van der Waals surface area contributed by atoms with E-state index in [2.05, 4.69) is 13.8 Å². The van der Waals surface area contributed by atoms with Crippen LogP contribution in [-0.2, 0) is 9.59 Å². The van der Waals surface area contributed by atoms with Crippen molar-refractivity contribution >= 4 is 35.5 Å². The fourth-order valence-electron chi connectivity index (χ4n) is 4.39. The predicted octanol–water partition coefficient (Wildman–Crippen LogP) is 11.4. The van der Waals surface area contributed by atoms with Crippen LogP contribution in [0.4, 0.5) is 0 Å². The highest BCUT2D eigenvalue weighted by Crippen LogP contribution is 2.41. The highest BCUT2D eigenvalue weighted by Gasteiger charge is 2.37. The zero-order chi connectivity index (χ0) is 28.7. The lowest BCUT2D eigenvalue weighted by molar-refractivity contribution is -0.138. The first-order chi connectivity index (χ1) is 18.4. The zero-order valence-electron chi connectivity index (χ0n) is 25.7. The van der Waals surface area contributed by atoms with Crippen LogP contribution in [0, 0.1) is 0 Å². The average molecular weight is 577 g/mol. The number of carbonyl (C=O) groups is 2. The summed E-state index contributed by atoms with van der Waals surface area (Å²) in [5.74, 6) is 0.648. The van der Waals surface area contributed by atoms with Crippen LogP contribution in [0.5, 0.6) is 0 Å². The third-order valence-corrected chi connectivity index (χ3v) is 10.5. The molecule has 0 saturated carbocycles. The molecule has 0 aliphatic carbocycles.